The molecule has 1 fully saturated rings. The van der Waals surface area contributed by atoms with Gasteiger partial charge in [-0.25, -0.2) is 4.98 Å². The lowest BCUT2D eigenvalue weighted by atomic mass is 9.98. The van der Waals surface area contributed by atoms with Crippen LogP contribution in [0.5, 0.6) is 5.75 Å². The highest BCUT2D eigenvalue weighted by molar-refractivity contribution is 7.09. The Morgan fingerprint density at radius 2 is 2.06 bits per heavy atom. The van der Waals surface area contributed by atoms with Crippen LogP contribution in [-0.2, 0) is 13.1 Å². The van der Waals surface area contributed by atoms with Crippen molar-refractivity contribution in [3.8, 4) is 5.75 Å². The van der Waals surface area contributed by atoms with E-state index in [0.29, 0.717) is 18.8 Å². The number of hydrogen-bond donors (Lipinski definition) is 1. The largest absolute Gasteiger partial charge is 0.497 e. The van der Waals surface area contributed by atoms with E-state index in [4.69, 9.17) is 4.74 Å². The van der Waals surface area contributed by atoms with Gasteiger partial charge in [-0.1, -0.05) is 19.1 Å². The number of thiazole rings is 1. The number of benzene rings is 1. The molecular weight excluding hydrogens is 464 g/mol. The molecule has 8 nitrogen and oxygen atoms in total. The highest BCUT2D eigenvalue weighted by atomic mass is 32.1. The van der Waals surface area contributed by atoms with E-state index in [1.54, 1.807) is 29.0 Å². The predicted octanol–water partition coefficient (Wildman–Crippen LogP) is 3.70. The second kappa shape index (κ2) is 11.3. The molecule has 1 atom stereocenters. The molecule has 1 aliphatic rings. The monoisotopic (exact) mass is 494 g/mol. The predicted molar refractivity (Wildman–Crippen MR) is 135 cm³/mol. The third-order valence-electron chi connectivity index (χ3n) is 6.30. The number of likely N-dealkylation sites (tertiary alicyclic amines) is 1. The normalized spacial score (nSPS) is 15.6. The molecule has 184 valence electrons. The Bertz CT molecular complexity index is 1240. The Morgan fingerprint density at radius 3 is 2.80 bits per heavy atom. The molecule has 3 aromatic rings. The Kier molecular flexibility index (Phi) is 7.97. The van der Waals surface area contributed by atoms with Crippen LogP contribution in [-0.4, -0.2) is 46.0 Å². The van der Waals surface area contributed by atoms with E-state index >= 15 is 0 Å². The number of hydrogen-bond acceptors (Lipinski definition) is 6. The highest BCUT2D eigenvalue weighted by Gasteiger charge is 2.29. The maximum atomic E-state index is 13.6. The van der Waals surface area contributed by atoms with E-state index in [1.165, 1.54) is 17.5 Å². The Morgan fingerprint density at radius 1 is 1.23 bits per heavy atom. The SMILES string of the molecule is CC[C@@H]1CCCCN1C(=O)c1cn(Cc2cccc(OC)c2)cc(C(=O)NCc2nccs2)c1=O. The van der Waals surface area contributed by atoms with Crippen molar-refractivity contribution in [3.05, 3.63) is 80.2 Å². The number of pyridine rings is 1. The van der Waals surface area contributed by atoms with Crippen molar-refractivity contribution in [2.75, 3.05) is 13.7 Å². The number of carbonyl (C=O) groups is 2. The molecule has 0 bridgehead atoms. The van der Waals surface area contributed by atoms with E-state index < -0.39 is 11.3 Å². The molecule has 1 N–H and O–H groups in total. The standard InChI is InChI=1S/C26H30N4O4S/c1-3-19-8-4-5-11-30(19)26(33)22-17-29(15-18-7-6-9-20(13-18)34-2)16-21(24(22)31)25(32)28-14-23-27-10-12-35-23/h6-7,9-10,12-13,16-17,19H,3-5,8,11,14-15H2,1-2H3,(H,28,32)/t19-/m1/s1. The summed E-state index contributed by atoms with van der Waals surface area (Å²) in [5.74, 6) is -0.124. The molecule has 0 spiro atoms. The molecule has 3 heterocycles. The number of ether oxygens (including phenoxy) is 1. The molecule has 1 saturated heterocycles. The average Bonchev–Trinajstić information content (AvgIpc) is 3.41. The first kappa shape index (κ1) is 24.7. The fourth-order valence-corrected chi connectivity index (χ4v) is 5.01. The molecule has 2 aromatic heterocycles. The highest BCUT2D eigenvalue weighted by Crippen LogP contribution is 2.21. The van der Waals surface area contributed by atoms with E-state index in [9.17, 15) is 14.4 Å². The number of aromatic nitrogens is 2. The van der Waals surface area contributed by atoms with Crippen molar-refractivity contribution in [1.82, 2.24) is 19.8 Å². The second-order valence-corrected chi connectivity index (χ2v) is 9.58. The number of nitrogens with one attached hydrogen (secondary N) is 1. The van der Waals surface area contributed by atoms with Gasteiger partial charge in [-0.05, 0) is 43.4 Å². The van der Waals surface area contributed by atoms with Crippen molar-refractivity contribution in [3.63, 3.8) is 0 Å². The summed E-state index contributed by atoms with van der Waals surface area (Å²) in [6.45, 7) is 3.27. The van der Waals surface area contributed by atoms with Gasteiger partial charge in [-0.15, -0.1) is 11.3 Å². The summed E-state index contributed by atoms with van der Waals surface area (Å²) in [4.78, 5) is 46.0. The molecule has 35 heavy (non-hydrogen) atoms. The van der Waals surface area contributed by atoms with Crippen LogP contribution in [0.15, 0.2) is 53.0 Å². The average molecular weight is 495 g/mol. The van der Waals surface area contributed by atoms with Crippen LogP contribution in [0.2, 0.25) is 0 Å². The van der Waals surface area contributed by atoms with Gasteiger partial charge in [0.05, 0.1) is 13.7 Å². The van der Waals surface area contributed by atoms with E-state index in [0.717, 1.165) is 36.3 Å². The van der Waals surface area contributed by atoms with Gasteiger partial charge < -0.3 is 19.5 Å². The molecule has 0 saturated carbocycles. The molecule has 0 radical (unpaired) electrons. The smallest absolute Gasteiger partial charge is 0.259 e. The first-order chi connectivity index (χ1) is 17.0. The number of methoxy groups -OCH3 is 1. The van der Waals surface area contributed by atoms with E-state index in [2.05, 4.69) is 17.2 Å². The number of nitrogens with zero attached hydrogens (tertiary/aromatic N) is 3. The fraction of sp³-hybridized carbons (Fsp3) is 0.385. The van der Waals surface area contributed by atoms with Crippen molar-refractivity contribution in [2.24, 2.45) is 0 Å². The van der Waals surface area contributed by atoms with Gasteiger partial charge in [-0.3, -0.25) is 14.4 Å². The minimum atomic E-state index is -0.547. The minimum absolute atomic E-state index is 0.0233. The second-order valence-electron chi connectivity index (χ2n) is 8.60. The molecule has 2 amide bonds. The van der Waals surface area contributed by atoms with Gasteiger partial charge in [-0.2, -0.15) is 0 Å². The van der Waals surface area contributed by atoms with Gasteiger partial charge in [0.2, 0.25) is 5.43 Å². The minimum Gasteiger partial charge on any atom is -0.497 e. The summed E-state index contributed by atoms with van der Waals surface area (Å²) < 4.78 is 7.05. The van der Waals surface area contributed by atoms with Crippen molar-refractivity contribution in [1.29, 1.82) is 0 Å². The summed E-state index contributed by atoms with van der Waals surface area (Å²) in [6.07, 6.45) is 8.49. The number of carbonyl (C=O) groups excluding carboxylic acids is 2. The first-order valence-corrected chi connectivity index (χ1v) is 12.7. The molecule has 0 unspecified atom stereocenters. The summed E-state index contributed by atoms with van der Waals surface area (Å²) in [5.41, 5.74) is 0.342. The first-order valence-electron chi connectivity index (χ1n) is 11.8. The fourth-order valence-electron chi connectivity index (χ4n) is 4.46. The van der Waals surface area contributed by atoms with Gasteiger partial charge >= 0.3 is 0 Å². The maximum Gasteiger partial charge on any atom is 0.259 e. The summed E-state index contributed by atoms with van der Waals surface area (Å²) in [6, 6.07) is 7.65. The zero-order valence-corrected chi connectivity index (χ0v) is 20.8. The van der Waals surface area contributed by atoms with Crippen molar-refractivity contribution < 1.29 is 14.3 Å². The van der Waals surface area contributed by atoms with Crippen LogP contribution in [0.25, 0.3) is 0 Å². The maximum absolute atomic E-state index is 13.6. The van der Waals surface area contributed by atoms with Gasteiger partial charge in [0.25, 0.3) is 11.8 Å². The number of piperidine rings is 1. The molecule has 0 aliphatic carbocycles. The van der Waals surface area contributed by atoms with Crippen molar-refractivity contribution in [2.45, 2.75) is 51.7 Å². The lowest BCUT2D eigenvalue weighted by Gasteiger charge is -2.35. The Hall–Kier alpha value is -3.46. The Labute approximate surface area is 208 Å². The summed E-state index contributed by atoms with van der Waals surface area (Å²) >= 11 is 1.42. The van der Waals surface area contributed by atoms with Crippen LogP contribution in [0.3, 0.4) is 0 Å². The topological polar surface area (TPSA) is 93.5 Å². The lowest BCUT2D eigenvalue weighted by molar-refractivity contribution is 0.0605. The van der Waals surface area contributed by atoms with Crippen LogP contribution in [0.1, 0.15) is 63.9 Å². The number of rotatable bonds is 8. The molecule has 1 aromatic carbocycles. The van der Waals surface area contributed by atoms with Crippen LogP contribution >= 0.6 is 11.3 Å². The molecule has 9 heteroatoms. The Balaban J connectivity index is 1.69. The van der Waals surface area contributed by atoms with Crippen molar-refractivity contribution >= 4 is 23.2 Å². The summed E-state index contributed by atoms with van der Waals surface area (Å²) in [7, 11) is 1.60. The van der Waals surface area contributed by atoms with E-state index in [1.807, 2.05) is 29.6 Å². The zero-order chi connectivity index (χ0) is 24.8. The summed E-state index contributed by atoms with van der Waals surface area (Å²) in [5, 5.41) is 5.33. The van der Waals surface area contributed by atoms with Crippen LogP contribution < -0.4 is 15.5 Å². The van der Waals surface area contributed by atoms with Gasteiger partial charge in [0, 0.05) is 43.1 Å². The third-order valence-corrected chi connectivity index (χ3v) is 7.08. The van der Waals surface area contributed by atoms with Gasteiger partial charge in [0.15, 0.2) is 0 Å². The van der Waals surface area contributed by atoms with Crippen LogP contribution in [0.4, 0.5) is 0 Å². The van der Waals surface area contributed by atoms with Crippen LogP contribution in [0, 0.1) is 0 Å². The molecular formula is C26H30N4O4S. The number of amides is 2. The lowest BCUT2D eigenvalue weighted by Crippen LogP contribution is -2.45. The molecule has 1 aliphatic heterocycles. The van der Waals surface area contributed by atoms with Gasteiger partial charge in [0.1, 0.15) is 21.9 Å². The zero-order valence-electron chi connectivity index (χ0n) is 20.0. The third kappa shape index (κ3) is 5.79. The van der Waals surface area contributed by atoms with E-state index in [-0.39, 0.29) is 29.6 Å². The molecule has 4 rings (SSSR count). The quantitative estimate of drug-likeness (QED) is 0.515.